The lowest BCUT2D eigenvalue weighted by molar-refractivity contribution is -0.147. The zero-order chi connectivity index (χ0) is 17.3. The van der Waals surface area contributed by atoms with Crippen molar-refractivity contribution in [2.24, 2.45) is 5.92 Å². The number of ether oxygens (including phenoxy) is 1. The average Bonchev–Trinajstić information content (AvgIpc) is 2.90. The number of carbonyl (C=O) groups excluding carboxylic acids is 3. The fraction of sp³-hybridized carbons (Fsp3) is 0.471. The number of amides is 2. The molecule has 0 radical (unpaired) electrons. The fourth-order valence-electron chi connectivity index (χ4n) is 3.38. The summed E-state index contributed by atoms with van der Waals surface area (Å²) in [5, 5.41) is 0. The minimum absolute atomic E-state index is 0.106. The third-order valence-corrected chi connectivity index (χ3v) is 5.43. The monoisotopic (exact) mass is 442 g/mol. The molecule has 0 spiro atoms. The molecule has 2 aliphatic heterocycles. The van der Waals surface area contributed by atoms with Crippen LogP contribution >= 0.6 is 22.6 Å². The number of piperidine rings is 1. The molecule has 3 rings (SSSR count). The summed E-state index contributed by atoms with van der Waals surface area (Å²) in [5.74, 6) is -0.631. The molecule has 0 unspecified atom stereocenters. The maximum Gasteiger partial charge on any atom is 0.308 e. The zero-order valence-electron chi connectivity index (χ0n) is 13.4. The molecule has 1 aromatic rings. The molecule has 2 fully saturated rings. The Balaban J connectivity index is 1.68. The van der Waals surface area contributed by atoms with Crippen molar-refractivity contribution in [3.8, 4) is 0 Å². The number of nitrogens with zero attached hydrogens (tertiary/aromatic N) is 2. The number of imide groups is 1. The molecule has 0 N–H and O–H groups in total. The summed E-state index contributed by atoms with van der Waals surface area (Å²) in [6.07, 6.45) is 1.52. The Hall–Kier alpha value is -1.48. The van der Waals surface area contributed by atoms with Crippen molar-refractivity contribution < 1.29 is 19.1 Å². The normalized spacial score (nSPS) is 22.9. The molecular formula is C17H19IN2O4. The molecule has 2 aliphatic rings. The van der Waals surface area contributed by atoms with Crippen LogP contribution < -0.4 is 4.90 Å². The van der Waals surface area contributed by atoms with Crippen LogP contribution in [0.4, 0.5) is 5.69 Å². The number of halogens is 1. The van der Waals surface area contributed by atoms with Crippen molar-refractivity contribution in [3.63, 3.8) is 0 Å². The third kappa shape index (κ3) is 3.32. The molecule has 0 aromatic heterocycles. The number of hydrogen-bond acceptors (Lipinski definition) is 5. The van der Waals surface area contributed by atoms with Crippen molar-refractivity contribution in [2.45, 2.75) is 25.3 Å². The van der Waals surface area contributed by atoms with E-state index >= 15 is 0 Å². The number of carbonyl (C=O) groups is 3. The smallest absolute Gasteiger partial charge is 0.308 e. The van der Waals surface area contributed by atoms with E-state index in [1.54, 1.807) is 12.1 Å². The molecule has 7 heteroatoms. The topological polar surface area (TPSA) is 66.9 Å². The largest absolute Gasteiger partial charge is 0.469 e. The van der Waals surface area contributed by atoms with Gasteiger partial charge in [-0.05, 0) is 72.8 Å². The average molecular weight is 442 g/mol. The van der Waals surface area contributed by atoms with Crippen LogP contribution in [0.1, 0.15) is 19.3 Å². The van der Waals surface area contributed by atoms with Crippen LogP contribution in [0.25, 0.3) is 0 Å². The Bertz CT molecular complexity index is 653. The van der Waals surface area contributed by atoms with Gasteiger partial charge in [-0.2, -0.15) is 0 Å². The van der Waals surface area contributed by atoms with Crippen LogP contribution in [0.3, 0.4) is 0 Å². The minimum atomic E-state index is -0.421. The number of rotatable bonds is 3. The molecule has 128 valence electrons. The van der Waals surface area contributed by atoms with Crippen molar-refractivity contribution in [3.05, 3.63) is 27.8 Å². The van der Waals surface area contributed by atoms with Gasteiger partial charge >= 0.3 is 5.97 Å². The van der Waals surface area contributed by atoms with Gasteiger partial charge in [0.25, 0.3) is 5.91 Å². The van der Waals surface area contributed by atoms with E-state index in [-0.39, 0.29) is 30.1 Å². The molecule has 2 saturated heterocycles. The summed E-state index contributed by atoms with van der Waals surface area (Å²) in [4.78, 5) is 40.0. The first kappa shape index (κ1) is 17.3. The quantitative estimate of drug-likeness (QED) is 0.406. The maximum absolute atomic E-state index is 12.7. The first-order valence-corrected chi connectivity index (χ1v) is 9.03. The van der Waals surface area contributed by atoms with Crippen molar-refractivity contribution >= 4 is 46.1 Å². The van der Waals surface area contributed by atoms with Gasteiger partial charge in [-0.3, -0.25) is 19.3 Å². The predicted octanol–water partition coefficient (Wildman–Crippen LogP) is 1.81. The van der Waals surface area contributed by atoms with E-state index in [0.717, 1.165) is 3.57 Å². The van der Waals surface area contributed by atoms with Gasteiger partial charge in [-0.15, -0.1) is 0 Å². The maximum atomic E-state index is 12.7. The lowest BCUT2D eigenvalue weighted by Crippen LogP contribution is -2.46. The highest BCUT2D eigenvalue weighted by Crippen LogP contribution is 2.29. The van der Waals surface area contributed by atoms with E-state index in [4.69, 9.17) is 4.74 Å². The van der Waals surface area contributed by atoms with Gasteiger partial charge in [0.15, 0.2) is 0 Å². The van der Waals surface area contributed by atoms with Crippen molar-refractivity contribution in [1.82, 2.24) is 4.90 Å². The summed E-state index contributed by atoms with van der Waals surface area (Å²) in [7, 11) is 1.40. The number of likely N-dealkylation sites (tertiary alicyclic amines) is 1. The standard InChI is InChI=1S/C17H19IN2O4/c1-24-17(23)11-6-8-19(9-7-11)14-10-15(21)20(16(14)22)13-4-2-12(18)3-5-13/h2-5,11,14H,6-10H2,1H3/t14-/m0/s1. The second-order valence-corrected chi connectivity index (χ2v) is 7.34. The van der Waals surface area contributed by atoms with Crippen LogP contribution in [0, 0.1) is 9.49 Å². The van der Waals surface area contributed by atoms with E-state index < -0.39 is 6.04 Å². The lowest BCUT2D eigenvalue weighted by Gasteiger charge is -2.33. The highest BCUT2D eigenvalue weighted by Gasteiger charge is 2.43. The van der Waals surface area contributed by atoms with E-state index in [0.29, 0.717) is 31.6 Å². The number of methoxy groups -OCH3 is 1. The van der Waals surface area contributed by atoms with Gasteiger partial charge in [0, 0.05) is 3.57 Å². The predicted molar refractivity (Wildman–Crippen MR) is 96.4 cm³/mol. The summed E-state index contributed by atoms with van der Waals surface area (Å²) < 4.78 is 5.84. The molecule has 1 aromatic carbocycles. The van der Waals surface area contributed by atoms with E-state index in [1.807, 2.05) is 17.0 Å². The molecule has 2 amide bonds. The Morgan fingerprint density at radius 3 is 2.38 bits per heavy atom. The van der Waals surface area contributed by atoms with Gasteiger partial charge in [0.1, 0.15) is 0 Å². The van der Waals surface area contributed by atoms with Crippen LogP contribution in [0.15, 0.2) is 24.3 Å². The Morgan fingerprint density at radius 2 is 1.79 bits per heavy atom. The number of benzene rings is 1. The molecule has 6 nitrogen and oxygen atoms in total. The fourth-order valence-corrected chi connectivity index (χ4v) is 3.74. The molecule has 0 aliphatic carbocycles. The van der Waals surface area contributed by atoms with Gasteiger partial charge < -0.3 is 4.74 Å². The Labute approximate surface area is 154 Å². The lowest BCUT2D eigenvalue weighted by atomic mass is 9.95. The highest BCUT2D eigenvalue weighted by molar-refractivity contribution is 14.1. The summed E-state index contributed by atoms with van der Waals surface area (Å²) in [6, 6.07) is 6.93. The van der Waals surface area contributed by atoms with Crippen LogP contribution in [-0.4, -0.2) is 48.9 Å². The first-order chi connectivity index (χ1) is 11.5. The SMILES string of the molecule is COC(=O)C1CCN([C@H]2CC(=O)N(c3ccc(I)cc3)C2=O)CC1. The Morgan fingerprint density at radius 1 is 1.17 bits per heavy atom. The van der Waals surface area contributed by atoms with Gasteiger partial charge in [0.2, 0.25) is 5.91 Å². The van der Waals surface area contributed by atoms with Crippen molar-refractivity contribution in [2.75, 3.05) is 25.1 Å². The van der Waals surface area contributed by atoms with Gasteiger partial charge in [-0.1, -0.05) is 0 Å². The molecule has 2 heterocycles. The van der Waals surface area contributed by atoms with Crippen LogP contribution in [0.5, 0.6) is 0 Å². The first-order valence-electron chi connectivity index (χ1n) is 7.95. The number of esters is 1. The zero-order valence-corrected chi connectivity index (χ0v) is 15.6. The molecule has 0 saturated carbocycles. The van der Waals surface area contributed by atoms with Gasteiger partial charge in [0.05, 0.1) is 31.2 Å². The second kappa shape index (κ2) is 7.18. The van der Waals surface area contributed by atoms with Crippen LogP contribution in [-0.2, 0) is 19.1 Å². The molecule has 1 atom stereocenters. The molecular weight excluding hydrogens is 423 g/mol. The third-order valence-electron chi connectivity index (χ3n) is 4.71. The van der Waals surface area contributed by atoms with Crippen molar-refractivity contribution in [1.29, 1.82) is 0 Å². The summed E-state index contributed by atoms with van der Waals surface area (Å²) in [5.41, 5.74) is 0.623. The van der Waals surface area contributed by atoms with Gasteiger partial charge in [-0.25, -0.2) is 4.90 Å². The molecule has 24 heavy (non-hydrogen) atoms. The number of anilines is 1. The summed E-state index contributed by atoms with van der Waals surface area (Å²) >= 11 is 2.19. The summed E-state index contributed by atoms with van der Waals surface area (Å²) in [6.45, 7) is 1.26. The van der Waals surface area contributed by atoms with E-state index in [1.165, 1.54) is 12.0 Å². The number of hydrogen-bond donors (Lipinski definition) is 0. The van der Waals surface area contributed by atoms with E-state index in [2.05, 4.69) is 22.6 Å². The van der Waals surface area contributed by atoms with E-state index in [9.17, 15) is 14.4 Å². The highest BCUT2D eigenvalue weighted by atomic mass is 127. The second-order valence-electron chi connectivity index (χ2n) is 6.10. The molecule has 0 bridgehead atoms. The Kier molecular flexibility index (Phi) is 5.19. The minimum Gasteiger partial charge on any atom is -0.469 e. The van der Waals surface area contributed by atoms with Crippen LogP contribution in [0.2, 0.25) is 0 Å².